The van der Waals surface area contributed by atoms with Gasteiger partial charge in [0.2, 0.25) is 0 Å². The summed E-state index contributed by atoms with van der Waals surface area (Å²) in [6.45, 7) is 2.07. The lowest BCUT2D eigenvalue weighted by Crippen LogP contribution is -2.35. The van der Waals surface area contributed by atoms with Gasteiger partial charge in [-0.05, 0) is 80.0 Å². The fourth-order valence-corrected chi connectivity index (χ4v) is 4.27. The summed E-state index contributed by atoms with van der Waals surface area (Å²) >= 11 is 3.46. The summed E-state index contributed by atoms with van der Waals surface area (Å²) in [6.07, 6.45) is 8.34. The van der Waals surface area contributed by atoms with Gasteiger partial charge >= 0.3 is 0 Å². The summed E-state index contributed by atoms with van der Waals surface area (Å²) in [5, 5.41) is 3.77. The molecule has 1 N–H and O–H groups in total. The van der Waals surface area contributed by atoms with E-state index in [0.717, 1.165) is 34.7 Å². The van der Waals surface area contributed by atoms with Crippen LogP contribution in [0.4, 0.5) is 0 Å². The first-order valence-corrected chi connectivity index (χ1v) is 9.14. The number of fused-ring (bicyclic) bond motifs is 1. The van der Waals surface area contributed by atoms with Crippen molar-refractivity contribution in [2.24, 2.45) is 17.3 Å². The Morgan fingerprint density at radius 2 is 1.86 bits per heavy atom. The van der Waals surface area contributed by atoms with Crippen molar-refractivity contribution < 1.29 is 4.74 Å². The largest absolute Gasteiger partial charge is 0.494 e. The van der Waals surface area contributed by atoms with Crippen molar-refractivity contribution in [3.05, 3.63) is 28.7 Å². The van der Waals surface area contributed by atoms with Crippen molar-refractivity contribution in [1.82, 2.24) is 5.32 Å². The van der Waals surface area contributed by atoms with Crippen molar-refractivity contribution in [1.29, 1.82) is 0 Å². The number of halogens is 1. The highest BCUT2D eigenvalue weighted by Crippen LogP contribution is 2.61. The summed E-state index contributed by atoms with van der Waals surface area (Å²) in [5.74, 6) is 3.07. The molecule has 2 nitrogen and oxygen atoms in total. The molecule has 3 saturated carbocycles. The molecular weight excluding hydrogens is 326 g/mol. The SMILES string of the molecule is Brc1ccc(OCCC2(CNC3CC3)CC3CC3C2)cc1. The first kappa shape index (κ1) is 14.1. The average Bonchev–Trinajstić information content (AvgIpc) is 3.40. The van der Waals surface area contributed by atoms with Crippen LogP contribution in [0.2, 0.25) is 0 Å². The number of rotatable bonds is 7. The maximum Gasteiger partial charge on any atom is 0.119 e. The molecule has 4 rings (SSSR count). The molecule has 2 atom stereocenters. The Balaban J connectivity index is 1.30. The maximum atomic E-state index is 5.97. The molecule has 0 spiro atoms. The van der Waals surface area contributed by atoms with E-state index in [4.69, 9.17) is 4.74 Å². The van der Waals surface area contributed by atoms with E-state index >= 15 is 0 Å². The lowest BCUT2D eigenvalue weighted by molar-refractivity contribution is 0.176. The van der Waals surface area contributed by atoms with E-state index in [1.807, 2.05) is 24.3 Å². The second-order valence-corrected chi connectivity index (χ2v) is 8.29. The summed E-state index contributed by atoms with van der Waals surface area (Å²) in [5.41, 5.74) is 0.519. The van der Waals surface area contributed by atoms with Crippen LogP contribution >= 0.6 is 15.9 Å². The van der Waals surface area contributed by atoms with Gasteiger partial charge in [-0.25, -0.2) is 0 Å². The molecule has 3 aliphatic carbocycles. The Morgan fingerprint density at radius 3 is 2.52 bits per heavy atom. The van der Waals surface area contributed by atoms with Crippen molar-refractivity contribution in [2.45, 2.75) is 44.6 Å². The average molecular weight is 350 g/mol. The summed E-state index contributed by atoms with van der Waals surface area (Å²) in [7, 11) is 0. The third kappa shape index (κ3) is 3.45. The molecule has 3 aliphatic rings. The standard InChI is InChI=1S/C18H24BrNO/c19-15-1-5-17(6-2-15)21-8-7-18(12-20-16-3-4-16)10-13-9-14(13)11-18/h1-2,5-6,13-14,16,20H,3-4,7-12H2. The van der Waals surface area contributed by atoms with Crippen LogP contribution in [-0.4, -0.2) is 19.2 Å². The van der Waals surface area contributed by atoms with Gasteiger partial charge in [0.1, 0.15) is 5.75 Å². The Morgan fingerprint density at radius 1 is 1.14 bits per heavy atom. The topological polar surface area (TPSA) is 21.3 Å². The fourth-order valence-electron chi connectivity index (χ4n) is 4.01. The summed E-state index contributed by atoms with van der Waals surface area (Å²) < 4.78 is 7.08. The van der Waals surface area contributed by atoms with E-state index in [2.05, 4.69) is 21.2 Å². The summed E-state index contributed by atoms with van der Waals surface area (Å²) in [6, 6.07) is 9.01. The van der Waals surface area contributed by atoms with Gasteiger partial charge in [-0.3, -0.25) is 0 Å². The van der Waals surface area contributed by atoms with E-state index in [-0.39, 0.29) is 0 Å². The second-order valence-electron chi connectivity index (χ2n) is 7.37. The zero-order valence-corrected chi connectivity index (χ0v) is 14.1. The van der Waals surface area contributed by atoms with Crippen LogP contribution < -0.4 is 10.1 Å². The smallest absolute Gasteiger partial charge is 0.119 e. The Bertz CT molecular complexity index is 486. The lowest BCUT2D eigenvalue weighted by Gasteiger charge is -2.31. The van der Waals surface area contributed by atoms with Gasteiger partial charge in [-0.1, -0.05) is 15.9 Å². The molecule has 0 aromatic heterocycles. The van der Waals surface area contributed by atoms with Gasteiger partial charge in [0.15, 0.2) is 0 Å². The van der Waals surface area contributed by atoms with Crippen molar-refractivity contribution >= 4 is 15.9 Å². The Kier molecular flexibility index (Phi) is 3.74. The van der Waals surface area contributed by atoms with Crippen molar-refractivity contribution in [2.75, 3.05) is 13.2 Å². The molecule has 3 heteroatoms. The first-order chi connectivity index (χ1) is 10.2. The predicted octanol–water partition coefficient (Wildman–Crippen LogP) is 4.39. The Hall–Kier alpha value is -0.540. The molecule has 0 heterocycles. The first-order valence-electron chi connectivity index (χ1n) is 8.34. The maximum absolute atomic E-state index is 5.97. The normalized spacial score (nSPS) is 33.8. The number of nitrogens with one attached hydrogen (secondary N) is 1. The van der Waals surface area contributed by atoms with Gasteiger partial charge in [0.05, 0.1) is 6.61 Å². The minimum absolute atomic E-state index is 0.519. The minimum atomic E-state index is 0.519. The monoisotopic (exact) mass is 349 g/mol. The fraction of sp³-hybridized carbons (Fsp3) is 0.667. The molecule has 0 radical (unpaired) electrons. The quantitative estimate of drug-likeness (QED) is 0.788. The molecular formula is C18H24BrNO. The molecule has 21 heavy (non-hydrogen) atoms. The highest BCUT2D eigenvalue weighted by atomic mass is 79.9. The van der Waals surface area contributed by atoms with Crippen LogP contribution in [0.5, 0.6) is 5.75 Å². The van der Waals surface area contributed by atoms with Gasteiger partial charge in [0, 0.05) is 17.1 Å². The number of benzene rings is 1. The number of ether oxygens (including phenoxy) is 1. The molecule has 1 aromatic carbocycles. The number of hydrogen-bond acceptors (Lipinski definition) is 2. The van der Waals surface area contributed by atoms with E-state index in [1.54, 1.807) is 0 Å². The molecule has 0 aliphatic heterocycles. The third-order valence-electron chi connectivity index (χ3n) is 5.52. The van der Waals surface area contributed by atoms with Gasteiger partial charge in [-0.15, -0.1) is 0 Å². The molecule has 0 bridgehead atoms. The summed E-state index contributed by atoms with van der Waals surface area (Å²) in [4.78, 5) is 0. The van der Waals surface area contributed by atoms with E-state index in [1.165, 1.54) is 45.1 Å². The van der Waals surface area contributed by atoms with Crippen LogP contribution in [0.3, 0.4) is 0 Å². The zero-order valence-electron chi connectivity index (χ0n) is 12.5. The van der Waals surface area contributed by atoms with E-state index < -0.39 is 0 Å². The molecule has 2 unspecified atom stereocenters. The van der Waals surface area contributed by atoms with Gasteiger partial charge in [0.25, 0.3) is 0 Å². The lowest BCUT2D eigenvalue weighted by atomic mass is 9.80. The van der Waals surface area contributed by atoms with Crippen LogP contribution in [0.15, 0.2) is 28.7 Å². The molecule has 0 amide bonds. The molecule has 0 saturated heterocycles. The highest BCUT2D eigenvalue weighted by Gasteiger charge is 2.53. The van der Waals surface area contributed by atoms with Crippen LogP contribution in [-0.2, 0) is 0 Å². The van der Waals surface area contributed by atoms with Crippen LogP contribution in [0.1, 0.15) is 38.5 Å². The van der Waals surface area contributed by atoms with Gasteiger partial charge in [-0.2, -0.15) is 0 Å². The van der Waals surface area contributed by atoms with E-state index in [9.17, 15) is 0 Å². The Labute approximate surface area is 135 Å². The third-order valence-corrected chi connectivity index (χ3v) is 6.05. The van der Waals surface area contributed by atoms with Crippen molar-refractivity contribution in [3.8, 4) is 5.75 Å². The van der Waals surface area contributed by atoms with Crippen molar-refractivity contribution in [3.63, 3.8) is 0 Å². The van der Waals surface area contributed by atoms with Crippen LogP contribution in [0, 0.1) is 17.3 Å². The zero-order chi connectivity index (χ0) is 14.3. The molecule has 114 valence electrons. The number of hydrogen-bond donors (Lipinski definition) is 1. The van der Waals surface area contributed by atoms with Gasteiger partial charge < -0.3 is 10.1 Å². The minimum Gasteiger partial charge on any atom is -0.494 e. The molecule has 1 aromatic rings. The van der Waals surface area contributed by atoms with E-state index in [0.29, 0.717) is 5.41 Å². The predicted molar refractivity (Wildman–Crippen MR) is 88.5 cm³/mol. The molecule has 3 fully saturated rings. The second kappa shape index (κ2) is 5.58. The van der Waals surface area contributed by atoms with Crippen LogP contribution in [0.25, 0.3) is 0 Å². The highest BCUT2D eigenvalue weighted by molar-refractivity contribution is 9.10.